The third kappa shape index (κ3) is 4.92. The Balaban J connectivity index is 1.56. The summed E-state index contributed by atoms with van der Waals surface area (Å²) in [5.41, 5.74) is 0.533. The van der Waals surface area contributed by atoms with Gasteiger partial charge in [0, 0.05) is 0 Å². The van der Waals surface area contributed by atoms with Crippen LogP contribution < -0.4 is 4.74 Å². The molecule has 0 aliphatic heterocycles. The Morgan fingerprint density at radius 3 is 2.15 bits per heavy atom. The van der Waals surface area contributed by atoms with Gasteiger partial charge in [0.15, 0.2) is 11.6 Å². The number of halogens is 2. The molecule has 0 amide bonds. The van der Waals surface area contributed by atoms with Crippen LogP contribution in [0.5, 0.6) is 5.75 Å². The fourth-order valence-electron chi connectivity index (χ4n) is 5.35. The van der Waals surface area contributed by atoms with Crippen molar-refractivity contribution in [1.29, 1.82) is 0 Å². The molecule has 27 heavy (non-hydrogen) atoms. The minimum Gasteiger partial charge on any atom is -0.462 e. The van der Waals surface area contributed by atoms with Gasteiger partial charge in [0.1, 0.15) is 0 Å². The summed E-state index contributed by atoms with van der Waals surface area (Å²) in [7, 11) is 0. The second kappa shape index (κ2) is 9.71. The van der Waals surface area contributed by atoms with Crippen molar-refractivity contribution in [2.45, 2.75) is 84.0 Å². The highest BCUT2D eigenvalue weighted by Crippen LogP contribution is 2.45. The third-order valence-electron chi connectivity index (χ3n) is 6.87. The molecule has 150 valence electrons. The van der Waals surface area contributed by atoms with Crippen LogP contribution >= 0.6 is 0 Å². The van der Waals surface area contributed by atoms with Crippen molar-refractivity contribution in [1.82, 2.24) is 0 Å². The summed E-state index contributed by atoms with van der Waals surface area (Å²) in [6.07, 6.45) is 15.5. The van der Waals surface area contributed by atoms with Crippen LogP contribution in [0, 0.1) is 29.4 Å². The van der Waals surface area contributed by atoms with Gasteiger partial charge in [-0.15, -0.1) is 0 Å². The minimum absolute atomic E-state index is 0.0353. The molecule has 2 saturated carbocycles. The molecule has 0 bridgehead atoms. The lowest BCUT2D eigenvalue weighted by atomic mass is 9.68. The zero-order valence-corrected chi connectivity index (χ0v) is 16.9. The first-order chi connectivity index (χ1) is 13.1. The van der Waals surface area contributed by atoms with Crippen LogP contribution in [0.25, 0.3) is 0 Å². The average Bonchev–Trinajstić information content (AvgIpc) is 2.70. The molecule has 0 atom stereocenters. The van der Waals surface area contributed by atoms with E-state index in [1.807, 2.05) is 0 Å². The topological polar surface area (TPSA) is 9.23 Å². The normalized spacial score (nSPS) is 29.2. The van der Waals surface area contributed by atoms with E-state index in [1.165, 1.54) is 44.8 Å². The summed E-state index contributed by atoms with van der Waals surface area (Å²) >= 11 is 0. The molecule has 0 heterocycles. The molecule has 0 saturated heterocycles. The standard InChI is InChI=1S/C24H34F2O/c1-3-5-17-6-8-18(9-7-17)19-10-12-20(13-11-19)21-14-15-22(27-16-4-2)24(26)23(21)25/h4,14-20H,3,5-13H2,1-2H3/b16-4+. The van der Waals surface area contributed by atoms with E-state index in [9.17, 15) is 8.78 Å². The van der Waals surface area contributed by atoms with E-state index in [4.69, 9.17) is 4.74 Å². The second-order valence-electron chi connectivity index (χ2n) is 8.55. The van der Waals surface area contributed by atoms with Crippen LogP contribution in [-0.4, -0.2) is 0 Å². The average molecular weight is 377 g/mol. The molecule has 0 unspecified atom stereocenters. The van der Waals surface area contributed by atoms with Crippen LogP contribution in [-0.2, 0) is 0 Å². The fourth-order valence-corrected chi connectivity index (χ4v) is 5.35. The second-order valence-corrected chi connectivity index (χ2v) is 8.55. The maximum absolute atomic E-state index is 14.6. The highest BCUT2D eigenvalue weighted by atomic mass is 19.2. The van der Waals surface area contributed by atoms with E-state index in [-0.39, 0.29) is 11.7 Å². The van der Waals surface area contributed by atoms with E-state index in [0.717, 1.165) is 43.4 Å². The number of allylic oxidation sites excluding steroid dienone is 1. The first-order valence-electron chi connectivity index (χ1n) is 10.9. The van der Waals surface area contributed by atoms with E-state index < -0.39 is 11.6 Å². The summed E-state index contributed by atoms with van der Waals surface area (Å²) in [6, 6.07) is 3.28. The molecule has 0 radical (unpaired) electrons. The lowest BCUT2D eigenvalue weighted by Crippen LogP contribution is -2.25. The molecule has 1 aromatic carbocycles. The van der Waals surface area contributed by atoms with Crippen LogP contribution in [0.4, 0.5) is 8.78 Å². The minimum atomic E-state index is -0.859. The Bertz CT molecular complexity index is 624. The molecule has 3 rings (SSSR count). The summed E-state index contributed by atoms with van der Waals surface area (Å²) in [5.74, 6) is 1.12. The van der Waals surface area contributed by atoms with Gasteiger partial charge in [0.2, 0.25) is 5.82 Å². The number of benzene rings is 1. The van der Waals surface area contributed by atoms with Gasteiger partial charge in [-0.2, -0.15) is 4.39 Å². The predicted octanol–water partition coefficient (Wildman–Crippen LogP) is 7.76. The van der Waals surface area contributed by atoms with Gasteiger partial charge in [0.25, 0.3) is 0 Å². The van der Waals surface area contributed by atoms with Crippen molar-refractivity contribution in [3.05, 3.63) is 41.7 Å². The molecule has 1 nitrogen and oxygen atoms in total. The maximum atomic E-state index is 14.6. The predicted molar refractivity (Wildman–Crippen MR) is 107 cm³/mol. The zero-order valence-electron chi connectivity index (χ0n) is 16.9. The lowest BCUT2D eigenvalue weighted by molar-refractivity contribution is 0.156. The van der Waals surface area contributed by atoms with Crippen LogP contribution in [0.15, 0.2) is 24.5 Å². The Morgan fingerprint density at radius 1 is 0.926 bits per heavy atom. The summed E-state index contributed by atoms with van der Waals surface area (Å²) in [6.45, 7) is 4.06. The molecule has 0 aromatic heterocycles. The van der Waals surface area contributed by atoms with E-state index in [1.54, 1.807) is 25.1 Å². The molecular weight excluding hydrogens is 342 g/mol. The lowest BCUT2D eigenvalue weighted by Gasteiger charge is -2.38. The molecule has 3 heteroatoms. The first kappa shape index (κ1) is 20.4. The van der Waals surface area contributed by atoms with Gasteiger partial charge in [-0.25, -0.2) is 4.39 Å². The Labute approximate surface area is 163 Å². The van der Waals surface area contributed by atoms with Gasteiger partial charge < -0.3 is 4.74 Å². The fraction of sp³-hybridized carbons (Fsp3) is 0.667. The van der Waals surface area contributed by atoms with Crippen molar-refractivity contribution >= 4 is 0 Å². The molecule has 2 aliphatic carbocycles. The van der Waals surface area contributed by atoms with Gasteiger partial charge in [-0.05, 0) is 80.8 Å². The largest absolute Gasteiger partial charge is 0.462 e. The molecular formula is C24H34F2O. The van der Waals surface area contributed by atoms with Crippen molar-refractivity contribution < 1.29 is 13.5 Å². The molecule has 2 aliphatic rings. The summed E-state index contributed by atoms with van der Waals surface area (Å²) in [4.78, 5) is 0. The van der Waals surface area contributed by atoms with Crippen LogP contribution in [0.2, 0.25) is 0 Å². The Morgan fingerprint density at radius 2 is 1.56 bits per heavy atom. The highest BCUT2D eigenvalue weighted by molar-refractivity contribution is 5.33. The molecule has 2 fully saturated rings. The van der Waals surface area contributed by atoms with E-state index in [0.29, 0.717) is 5.56 Å². The van der Waals surface area contributed by atoms with Crippen molar-refractivity contribution in [3.63, 3.8) is 0 Å². The third-order valence-corrected chi connectivity index (χ3v) is 6.87. The maximum Gasteiger partial charge on any atom is 0.201 e. The van der Waals surface area contributed by atoms with Crippen LogP contribution in [0.1, 0.15) is 89.5 Å². The zero-order chi connectivity index (χ0) is 19.2. The number of hydrogen-bond acceptors (Lipinski definition) is 1. The SMILES string of the molecule is C/C=C/Oc1ccc(C2CCC(C3CCC(CCC)CC3)CC2)c(F)c1F. The first-order valence-corrected chi connectivity index (χ1v) is 10.9. The quantitative estimate of drug-likeness (QED) is 0.461. The number of rotatable bonds is 6. The summed E-state index contributed by atoms with van der Waals surface area (Å²) in [5, 5.41) is 0. The molecule has 0 N–H and O–H groups in total. The Kier molecular flexibility index (Phi) is 7.32. The number of ether oxygens (including phenoxy) is 1. The highest BCUT2D eigenvalue weighted by Gasteiger charge is 2.32. The smallest absolute Gasteiger partial charge is 0.201 e. The van der Waals surface area contributed by atoms with E-state index >= 15 is 0 Å². The van der Waals surface area contributed by atoms with Gasteiger partial charge in [0.05, 0.1) is 6.26 Å². The molecule has 1 aromatic rings. The monoisotopic (exact) mass is 376 g/mol. The summed E-state index contributed by atoms with van der Waals surface area (Å²) < 4.78 is 34.0. The van der Waals surface area contributed by atoms with Crippen molar-refractivity contribution in [2.75, 3.05) is 0 Å². The van der Waals surface area contributed by atoms with Crippen LogP contribution in [0.3, 0.4) is 0 Å². The van der Waals surface area contributed by atoms with E-state index in [2.05, 4.69) is 6.92 Å². The van der Waals surface area contributed by atoms with Gasteiger partial charge in [-0.1, -0.05) is 44.7 Å². The Hall–Kier alpha value is -1.38. The number of hydrogen-bond donors (Lipinski definition) is 0. The van der Waals surface area contributed by atoms with Gasteiger partial charge in [-0.3, -0.25) is 0 Å². The van der Waals surface area contributed by atoms with Crippen molar-refractivity contribution in [3.8, 4) is 5.75 Å². The van der Waals surface area contributed by atoms with Crippen molar-refractivity contribution in [2.24, 2.45) is 17.8 Å². The van der Waals surface area contributed by atoms with Gasteiger partial charge >= 0.3 is 0 Å². The molecule has 0 spiro atoms.